The first-order valence-electron chi connectivity index (χ1n) is 6.12. The second-order valence-electron chi connectivity index (χ2n) is 4.36. The zero-order valence-electron chi connectivity index (χ0n) is 11.9. The number of nitrogens with zero attached hydrogens (tertiary/aromatic N) is 1. The van der Waals surface area contributed by atoms with Crippen molar-refractivity contribution in [3.8, 4) is 11.5 Å². The summed E-state index contributed by atoms with van der Waals surface area (Å²) in [5.74, 6) is 0.719. The third kappa shape index (κ3) is 4.79. The fraction of sp³-hybridized carbons (Fsp3) is 0.500. The molecule has 1 aromatic carbocycles. The molecular formula is C14H21NO4. The number of rotatable bonds is 7. The maximum atomic E-state index is 11.5. The van der Waals surface area contributed by atoms with E-state index in [1.807, 2.05) is 14.1 Å². The second-order valence-corrected chi connectivity index (χ2v) is 4.36. The molecule has 0 aromatic heterocycles. The van der Waals surface area contributed by atoms with Gasteiger partial charge in [0.25, 0.3) is 0 Å². The Bertz CT molecular complexity index is 418. The van der Waals surface area contributed by atoms with Gasteiger partial charge in [-0.05, 0) is 32.6 Å². The van der Waals surface area contributed by atoms with Crippen molar-refractivity contribution in [3.05, 3.63) is 23.8 Å². The van der Waals surface area contributed by atoms with Gasteiger partial charge in [-0.25, -0.2) is 4.79 Å². The van der Waals surface area contributed by atoms with Crippen LogP contribution in [0.4, 0.5) is 0 Å². The highest BCUT2D eigenvalue weighted by molar-refractivity contribution is 5.92. The van der Waals surface area contributed by atoms with Crippen LogP contribution in [0.2, 0.25) is 0 Å². The number of benzene rings is 1. The van der Waals surface area contributed by atoms with Crippen LogP contribution in [0.5, 0.6) is 11.5 Å². The summed E-state index contributed by atoms with van der Waals surface area (Å²) in [5, 5.41) is 0. The van der Waals surface area contributed by atoms with Crippen LogP contribution in [0.3, 0.4) is 0 Å². The van der Waals surface area contributed by atoms with Gasteiger partial charge in [-0.2, -0.15) is 0 Å². The quantitative estimate of drug-likeness (QED) is 0.557. The lowest BCUT2D eigenvalue weighted by atomic mass is 10.2. The highest BCUT2D eigenvalue weighted by Gasteiger charge is 2.13. The van der Waals surface area contributed by atoms with Crippen molar-refractivity contribution < 1.29 is 19.0 Å². The van der Waals surface area contributed by atoms with Crippen LogP contribution >= 0.6 is 0 Å². The molecule has 0 saturated heterocycles. The summed E-state index contributed by atoms with van der Waals surface area (Å²) in [6.45, 7) is 1.59. The van der Waals surface area contributed by atoms with Gasteiger partial charge in [0.15, 0.2) is 0 Å². The van der Waals surface area contributed by atoms with Gasteiger partial charge in [0.2, 0.25) is 0 Å². The Labute approximate surface area is 114 Å². The topological polar surface area (TPSA) is 48.0 Å². The Morgan fingerprint density at radius 1 is 1.26 bits per heavy atom. The molecular weight excluding hydrogens is 246 g/mol. The fourth-order valence-electron chi connectivity index (χ4n) is 1.61. The predicted molar refractivity (Wildman–Crippen MR) is 73.0 cm³/mol. The molecule has 1 rings (SSSR count). The van der Waals surface area contributed by atoms with Crippen molar-refractivity contribution in [2.75, 3.05) is 41.5 Å². The highest BCUT2D eigenvalue weighted by Crippen LogP contribution is 2.25. The van der Waals surface area contributed by atoms with Crippen LogP contribution in [0.25, 0.3) is 0 Å². The zero-order valence-corrected chi connectivity index (χ0v) is 11.9. The number of hydrogen-bond donors (Lipinski definition) is 0. The van der Waals surface area contributed by atoms with Crippen LogP contribution in [-0.4, -0.2) is 52.3 Å². The van der Waals surface area contributed by atoms with Crippen molar-refractivity contribution in [1.29, 1.82) is 0 Å². The van der Waals surface area contributed by atoms with E-state index in [2.05, 4.69) is 9.64 Å². The molecule has 0 bridgehead atoms. The molecule has 0 N–H and O–H groups in total. The fourth-order valence-corrected chi connectivity index (χ4v) is 1.61. The molecule has 0 aliphatic heterocycles. The van der Waals surface area contributed by atoms with E-state index in [4.69, 9.17) is 9.47 Å². The van der Waals surface area contributed by atoms with E-state index in [0.29, 0.717) is 23.7 Å². The Morgan fingerprint density at radius 2 is 2.00 bits per heavy atom. The summed E-state index contributed by atoms with van der Waals surface area (Å²) in [4.78, 5) is 13.6. The summed E-state index contributed by atoms with van der Waals surface area (Å²) in [5.41, 5.74) is 0.394. The van der Waals surface area contributed by atoms with Gasteiger partial charge in [0, 0.05) is 12.6 Å². The van der Waals surface area contributed by atoms with E-state index in [1.54, 1.807) is 18.2 Å². The Morgan fingerprint density at radius 3 is 2.58 bits per heavy atom. The van der Waals surface area contributed by atoms with Crippen LogP contribution in [0.1, 0.15) is 16.8 Å². The third-order valence-corrected chi connectivity index (χ3v) is 2.60. The first-order valence-corrected chi connectivity index (χ1v) is 6.12. The smallest absolute Gasteiger partial charge is 0.341 e. The SMILES string of the molecule is COC(=O)c1ccc(OCCCN(C)C)cc1OC. The van der Waals surface area contributed by atoms with Gasteiger partial charge in [-0.15, -0.1) is 0 Å². The summed E-state index contributed by atoms with van der Waals surface area (Å²) >= 11 is 0. The van der Waals surface area contributed by atoms with Gasteiger partial charge in [-0.1, -0.05) is 0 Å². The van der Waals surface area contributed by atoms with Gasteiger partial charge in [0.1, 0.15) is 17.1 Å². The number of carbonyl (C=O) groups is 1. The van der Waals surface area contributed by atoms with E-state index in [9.17, 15) is 4.79 Å². The van der Waals surface area contributed by atoms with E-state index >= 15 is 0 Å². The Hall–Kier alpha value is -1.75. The average Bonchev–Trinajstić information content (AvgIpc) is 2.42. The van der Waals surface area contributed by atoms with Crippen molar-refractivity contribution in [2.24, 2.45) is 0 Å². The van der Waals surface area contributed by atoms with E-state index in [0.717, 1.165) is 13.0 Å². The lowest BCUT2D eigenvalue weighted by molar-refractivity contribution is 0.0597. The number of hydrogen-bond acceptors (Lipinski definition) is 5. The zero-order chi connectivity index (χ0) is 14.3. The Balaban J connectivity index is 2.64. The van der Waals surface area contributed by atoms with E-state index in [-0.39, 0.29) is 0 Å². The van der Waals surface area contributed by atoms with Crippen molar-refractivity contribution in [2.45, 2.75) is 6.42 Å². The standard InChI is InChI=1S/C14H21NO4/c1-15(2)8-5-9-19-11-6-7-12(14(16)18-4)13(10-11)17-3/h6-7,10H,5,8-9H2,1-4H3. The molecule has 0 spiro atoms. The van der Waals surface area contributed by atoms with Crippen molar-refractivity contribution in [1.82, 2.24) is 4.90 Å². The van der Waals surface area contributed by atoms with E-state index in [1.165, 1.54) is 14.2 Å². The summed E-state index contributed by atoms with van der Waals surface area (Å²) in [6.07, 6.45) is 0.939. The van der Waals surface area contributed by atoms with Gasteiger partial charge < -0.3 is 19.1 Å². The normalized spacial score (nSPS) is 10.4. The molecule has 0 radical (unpaired) electrons. The van der Waals surface area contributed by atoms with Crippen LogP contribution in [-0.2, 0) is 4.74 Å². The molecule has 0 aliphatic carbocycles. The first kappa shape index (κ1) is 15.3. The van der Waals surface area contributed by atoms with Crippen molar-refractivity contribution >= 4 is 5.97 Å². The van der Waals surface area contributed by atoms with Gasteiger partial charge in [0.05, 0.1) is 20.8 Å². The number of esters is 1. The maximum Gasteiger partial charge on any atom is 0.341 e. The minimum absolute atomic E-state index is 0.394. The molecule has 0 aliphatic rings. The largest absolute Gasteiger partial charge is 0.496 e. The third-order valence-electron chi connectivity index (χ3n) is 2.60. The Kier molecular flexibility index (Phi) is 6.15. The molecule has 106 valence electrons. The van der Waals surface area contributed by atoms with Gasteiger partial charge in [-0.3, -0.25) is 0 Å². The monoisotopic (exact) mass is 267 g/mol. The highest BCUT2D eigenvalue weighted by atomic mass is 16.5. The molecule has 5 nitrogen and oxygen atoms in total. The van der Waals surface area contributed by atoms with Crippen molar-refractivity contribution in [3.63, 3.8) is 0 Å². The lowest BCUT2D eigenvalue weighted by Crippen LogP contribution is -2.15. The average molecular weight is 267 g/mol. The molecule has 0 heterocycles. The van der Waals surface area contributed by atoms with E-state index < -0.39 is 5.97 Å². The number of methoxy groups -OCH3 is 2. The minimum atomic E-state index is -0.420. The number of carbonyl (C=O) groups excluding carboxylic acids is 1. The maximum absolute atomic E-state index is 11.5. The molecule has 0 atom stereocenters. The molecule has 5 heteroatoms. The summed E-state index contributed by atoms with van der Waals surface area (Å²) in [7, 11) is 6.90. The first-order chi connectivity index (χ1) is 9.08. The number of ether oxygens (including phenoxy) is 3. The predicted octanol–water partition coefficient (Wildman–Crippen LogP) is 1.81. The van der Waals surface area contributed by atoms with Crippen LogP contribution in [0.15, 0.2) is 18.2 Å². The second kappa shape index (κ2) is 7.63. The summed E-state index contributed by atoms with van der Waals surface area (Å²) < 4.78 is 15.5. The molecule has 0 unspecified atom stereocenters. The lowest BCUT2D eigenvalue weighted by Gasteiger charge is -2.12. The molecule has 0 amide bonds. The summed E-state index contributed by atoms with van der Waals surface area (Å²) in [6, 6.07) is 5.08. The molecule has 19 heavy (non-hydrogen) atoms. The molecule has 1 aromatic rings. The molecule has 0 saturated carbocycles. The van der Waals surface area contributed by atoms with Crippen LogP contribution in [0, 0.1) is 0 Å². The van der Waals surface area contributed by atoms with Crippen LogP contribution < -0.4 is 9.47 Å². The minimum Gasteiger partial charge on any atom is -0.496 e. The van der Waals surface area contributed by atoms with Gasteiger partial charge >= 0.3 is 5.97 Å². The molecule has 0 fully saturated rings.